The lowest BCUT2D eigenvalue weighted by Crippen LogP contribution is -2.32. The molecule has 0 aliphatic carbocycles. The first-order valence-electron chi connectivity index (χ1n) is 6.92. The molecular weight excluding hydrogens is 252 g/mol. The van der Waals surface area contributed by atoms with Gasteiger partial charge >= 0.3 is 5.69 Å². The van der Waals surface area contributed by atoms with Gasteiger partial charge in [0.15, 0.2) is 0 Å². The van der Waals surface area contributed by atoms with Crippen LogP contribution in [0.3, 0.4) is 0 Å². The van der Waals surface area contributed by atoms with Gasteiger partial charge in [0.05, 0.1) is 12.6 Å². The Kier molecular flexibility index (Phi) is 4.39. The van der Waals surface area contributed by atoms with Gasteiger partial charge < -0.3 is 5.32 Å². The van der Waals surface area contributed by atoms with Gasteiger partial charge in [-0.1, -0.05) is 30.7 Å². The summed E-state index contributed by atoms with van der Waals surface area (Å²) in [5.74, 6) is 0. The van der Waals surface area contributed by atoms with Crippen LogP contribution in [-0.4, -0.2) is 20.9 Å². The van der Waals surface area contributed by atoms with Crippen LogP contribution in [0.15, 0.2) is 29.3 Å². The monoisotopic (exact) mass is 274 g/mol. The molecule has 0 fully saturated rings. The summed E-state index contributed by atoms with van der Waals surface area (Å²) in [6.45, 7) is 7.63. The van der Waals surface area contributed by atoms with E-state index >= 15 is 0 Å². The van der Waals surface area contributed by atoms with Gasteiger partial charge in [0, 0.05) is 7.05 Å². The molecule has 1 atom stereocenters. The number of benzene rings is 1. The number of rotatable bonds is 5. The number of nitrogens with one attached hydrogen (secondary N) is 1. The zero-order chi connectivity index (χ0) is 14.7. The van der Waals surface area contributed by atoms with Gasteiger partial charge in [0.25, 0.3) is 0 Å². The minimum Gasteiger partial charge on any atom is -0.309 e. The first-order chi connectivity index (χ1) is 9.52. The number of hydrogen-bond acceptors (Lipinski definition) is 3. The number of hydrogen-bond donors (Lipinski definition) is 1. The van der Waals surface area contributed by atoms with E-state index in [9.17, 15) is 4.79 Å². The molecule has 0 saturated carbocycles. The van der Waals surface area contributed by atoms with E-state index in [-0.39, 0.29) is 11.7 Å². The van der Waals surface area contributed by atoms with Crippen LogP contribution < -0.4 is 11.0 Å². The van der Waals surface area contributed by atoms with Crippen molar-refractivity contribution in [2.24, 2.45) is 7.05 Å². The third kappa shape index (κ3) is 2.99. The second-order valence-corrected chi connectivity index (χ2v) is 5.18. The standard InChI is InChI=1S/C15H22N4O/c1-5-16-14(9-19-15(20)18(4)10-17-19)13-8-11(2)6-7-12(13)3/h6-8,10,14,16H,5,9H2,1-4H3. The summed E-state index contributed by atoms with van der Waals surface area (Å²) in [6.07, 6.45) is 1.55. The second kappa shape index (κ2) is 6.05. The molecule has 0 amide bonds. The van der Waals surface area contributed by atoms with Gasteiger partial charge in [-0.3, -0.25) is 4.57 Å². The largest absolute Gasteiger partial charge is 0.345 e. The van der Waals surface area contributed by atoms with Crippen molar-refractivity contribution < 1.29 is 0 Å². The van der Waals surface area contributed by atoms with E-state index in [0.29, 0.717) is 6.54 Å². The Morgan fingerprint density at radius 3 is 2.70 bits per heavy atom. The van der Waals surface area contributed by atoms with Crippen LogP contribution in [0.1, 0.15) is 29.7 Å². The molecule has 1 aromatic carbocycles. The minimum absolute atomic E-state index is 0.0850. The maximum atomic E-state index is 11.9. The maximum absolute atomic E-state index is 11.9. The van der Waals surface area contributed by atoms with Crippen molar-refractivity contribution in [3.05, 3.63) is 51.7 Å². The van der Waals surface area contributed by atoms with Crippen molar-refractivity contribution in [1.82, 2.24) is 19.7 Å². The van der Waals surface area contributed by atoms with Crippen LogP contribution in [0.5, 0.6) is 0 Å². The van der Waals surface area contributed by atoms with Gasteiger partial charge in [-0.05, 0) is 31.5 Å². The van der Waals surface area contributed by atoms with Gasteiger partial charge in [0.2, 0.25) is 0 Å². The molecule has 1 unspecified atom stereocenters. The van der Waals surface area contributed by atoms with Crippen LogP contribution >= 0.6 is 0 Å². The molecule has 1 N–H and O–H groups in total. The van der Waals surface area contributed by atoms with Gasteiger partial charge in [-0.15, -0.1) is 0 Å². The molecule has 1 aromatic heterocycles. The Bertz CT molecular complexity index is 642. The number of likely N-dealkylation sites (N-methyl/N-ethyl adjacent to an activating group) is 1. The highest BCUT2D eigenvalue weighted by Crippen LogP contribution is 2.20. The summed E-state index contributed by atoms with van der Waals surface area (Å²) in [5.41, 5.74) is 3.59. The quantitative estimate of drug-likeness (QED) is 0.900. The molecule has 0 aliphatic heterocycles. The van der Waals surface area contributed by atoms with E-state index < -0.39 is 0 Å². The summed E-state index contributed by atoms with van der Waals surface area (Å²) in [7, 11) is 1.71. The summed E-state index contributed by atoms with van der Waals surface area (Å²) >= 11 is 0. The second-order valence-electron chi connectivity index (χ2n) is 5.18. The highest BCUT2D eigenvalue weighted by atomic mass is 16.2. The van der Waals surface area contributed by atoms with Crippen molar-refractivity contribution in [1.29, 1.82) is 0 Å². The van der Waals surface area contributed by atoms with E-state index in [4.69, 9.17) is 0 Å². The van der Waals surface area contributed by atoms with E-state index in [1.54, 1.807) is 13.4 Å². The molecule has 2 rings (SSSR count). The molecule has 0 bridgehead atoms. The normalized spacial score (nSPS) is 12.6. The van der Waals surface area contributed by atoms with Crippen LogP contribution in [0.4, 0.5) is 0 Å². The van der Waals surface area contributed by atoms with Crippen molar-refractivity contribution >= 4 is 0 Å². The summed E-state index contributed by atoms with van der Waals surface area (Å²) in [4.78, 5) is 11.9. The van der Waals surface area contributed by atoms with Crippen molar-refractivity contribution in [3.63, 3.8) is 0 Å². The van der Waals surface area contributed by atoms with Crippen LogP contribution in [-0.2, 0) is 13.6 Å². The zero-order valence-corrected chi connectivity index (χ0v) is 12.6. The van der Waals surface area contributed by atoms with Gasteiger partial charge in [0.1, 0.15) is 6.33 Å². The van der Waals surface area contributed by atoms with Crippen molar-refractivity contribution in [2.75, 3.05) is 6.54 Å². The number of aromatic nitrogens is 3. The maximum Gasteiger partial charge on any atom is 0.345 e. The lowest BCUT2D eigenvalue weighted by molar-refractivity contribution is 0.436. The SMILES string of the molecule is CCNC(Cn1ncn(C)c1=O)c1cc(C)ccc1C. The van der Waals surface area contributed by atoms with Gasteiger partial charge in [-0.2, -0.15) is 5.10 Å². The average Bonchev–Trinajstić information content (AvgIpc) is 2.73. The Morgan fingerprint density at radius 1 is 1.35 bits per heavy atom. The fourth-order valence-corrected chi connectivity index (χ4v) is 2.37. The van der Waals surface area contributed by atoms with E-state index in [1.807, 2.05) is 0 Å². The lowest BCUT2D eigenvalue weighted by Gasteiger charge is -2.20. The molecule has 0 spiro atoms. The Hall–Kier alpha value is -1.88. The molecule has 0 saturated heterocycles. The Morgan fingerprint density at radius 2 is 2.10 bits per heavy atom. The fourth-order valence-electron chi connectivity index (χ4n) is 2.37. The Labute approximate surface area is 119 Å². The van der Waals surface area contributed by atoms with E-state index in [0.717, 1.165) is 6.54 Å². The molecule has 2 aromatic rings. The summed E-state index contributed by atoms with van der Waals surface area (Å²) < 4.78 is 3.00. The Balaban J connectivity index is 2.34. The molecule has 5 heteroatoms. The van der Waals surface area contributed by atoms with Crippen LogP contribution in [0.25, 0.3) is 0 Å². The molecule has 1 heterocycles. The minimum atomic E-state index is -0.0850. The highest BCUT2D eigenvalue weighted by molar-refractivity contribution is 5.33. The average molecular weight is 274 g/mol. The summed E-state index contributed by atoms with van der Waals surface area (Å²) in [6, 6.07) is 6.49. The molecule has 0 aliphatic rings. The van der Waals surface area contributed by atoms with Gasteiger partial charge in [-0.25, -0.2) is 9.48 Å². The first-order valence-corrected chi connectivity index (χ1v) is 6.92. The first kappa shape index (κ1) is 14.5. The lowest BCUT2D eigenvalue weighted by atomic mass is 9.99. The van der Waals surface area contributed by atoms with Crippen LogP contribution in [0, 0.1) is 13.8 Å². The molecule has 5 nitrogen and oxygen atoms in total. The highest BCUT2D eigenvalue weighted by Gasteiger charge is 2.15. The predicted octanol–water partition coefficient (Wildman–Crippen LogP) is 1.55. The third-order valence-corrected chi connectivity index (χ3v) is 3.50. The predicted molar refractivity (Wildman–Crippen MR) is 79.8 cm³/mol. The molecule has 20 heavy (non-hydrogen) atoms. The topological polar surface area (TPSA) is 51.9 Å². The smallest absolute Gasteiger partial charge is 0.309 e. The molecular formula is C15H22N4O. The fraction of sp³-hybridized carbons (Fsp3) is 0.467. The van der Waals surface area contributed by atoms with Crippen molar-refractivity contribution in [2.45, 2.75) is 33.4 Å². The van der Waals surface area contributed by atoms with Crippen molar-refractivity contribution in [3.8, 4) is 0 Å². The molecule has 0 radical (unpaired) electrons. The van der Waals surface area contributed by atoms with E-state index in [1.165, 1.54) is 25.9 Å². The zero-order valence-electron chi connectivity index (χ0n) is 12.6. The van der Waals surface area contributed by atoms with E-state index in [2.05, 4.69) is 49.4 Å². The third-order valence-electron chi connectivity index (χ3n) is 3.50. The molecule has 108 valence electrons. The van der Waals surface area contributed by atoms with Crippen LogP contribution in [0.2, 0.25) is 0 Å². The number of aryl methyl sites for hydroxylation is 3. The summed E-state index contributed by atoms with van der Waals surface area (Å²) in [5, 5.41) is 7.59. The number of nitrogens with zero attached hydrogens (tertiary/aromatic N) is 3.